The first-order valence-corrected chi connectivity index (χ1v) is 11.7. The lowest BCUT2D eigenvalue weighted by atomic mass is 9.92. The molecule has 2 aliphatic rings. The molecule has 1 aromatic carbocycles. The summed E-state index contributed by atoms with van der Waals surface area (Å²) in [5, 5.41) is 0. The highest BCUT2D eigenvalue weighted by Gasteiger charge is 2.31. The highest BCUT2D eigenvalue weighted by atomic mass is 32.2. The number of hydrogen-bond donors (Lipinski definition) is 0. The van der Waals surface area contributed by atoms with Crippen molar-refractivity contribution in [1.29, 1.82) is 0 Å². The fourth-order valence-electron chi connectivity index (χ4n) is 4.41. The maximum Gasteiger partial charge on any atom is 0.243 e. The third kappa shape index (κ3) is 4.75. The van der Waals surface area contributed by atoms with Crippen molar-refractivity contribution in [2.45, 2.75) is 39.0 Å². The Balaban J connectivity index is 1.57. The van der Waals surface area contributed by atoms with Crippen LogP contribution in [0.4, 0.5) is 0 Å². The summed E-state index contributed by atoms with van der Waals surface area (Å²) in [5.74, 6) is 1.36. The lowest BCUT2D eigenvalue weighted by Gasteiger charge is -2.38. The normalized spacial score (nSPS) is 25.1. The molecule has 28 heavy (non-hydrogen) atoms. The van der Waals surface area contributed by atoms with Gasteiger partial charge in [0.05, 0.1) is 11.4 Å². The van der Waals surface area contributed by atoms with E-state index in [1.165, 1.54) is 10.7 Å². The second-order valence-electron chi connectivity index (χ2n) is 8.67. The monoisotopic (exact) mass is 407 g/mol. The van der Waals surface area contributed by atoms with Crippen molar-refractivity contribution in [2.75, 3.05) is 45.8 Å². The molecule has 2 aliphatic heterocycles. The fourth-order valence-corrected chi connectivity index (χ4v) is 5.92. The van der Waals surface area contributed by atoms with Gasteiger partial charge in [0.2, 0.25) is 15.9 Å². The maximum atomic E-state index is 12.9. The van der Waals surface area contributed by atoms with Crippen LogP contribution in [0.3, 0.4) is 0 Å². The number of aryl methyl sites for hydroxylation is 2. The van der Waals surface area contributed by atoms with Gasteiger partial charge in [0.25, 0.3) is 0 Å². The number of piperidine rings is 1. The highest BCUT2D eigenvalue weighted by Crippen LogP contribution is 2.22. The largest absolute Gasteiger partial charge is 0.339 e. The van der Waals surface area contributed by atoms with E-state index in [1.54, 1.807) is 12.1 Å². The predicted molar refractivity (Wildman–Crippen MR) is 111 cm³/mol. The summed E-state index contributed by atoms with van der Waals surface area (Å²) >= 11 is 0. The second-order valence-corrected chi connectivity index (χ2v) is 10.6. The van der Waals surface area contributed by atoms with Gasteiger partial charge in [-0.25, -0.2) is 8.42 Å². The first-order chi connectivity index (χ1) is 13.2. The van der Waals surface area contributed by atoms with Gasteiger partial charge in [-0.05, 0) is 55.4 Å². The van der Waals surface area contributed by atoms with Crippen LogP contribution in [0.15, 0.2) is 23.1 Å². The maximum absolute atomic E-state index is 12.9. The Kier molecular flexibility index (Phi) is 6.47. The summed E-state index contributed by atoms with van der Waals surface area (Å²) < 4.78 is 27.4. The molecular formula is C21H33N3O3S. The van der Waals surface area contributed by atoms with E-state index in [4.69, 9.17) is 0 Å². The minimum atomic E-state index is -3.51. The molecule has 0 N–H and O–H groups in total. The fraction of sp³-hybridized carbons (Fsp3) is 0.667. The average Bonchev–Trinajstić information content (AvgIpc) is 2.63. The van der Waals surface area contributed by atoms with Crippen LogP contribution >= 0.6 is 0 Å². The Morgan fingerprint density at radius 2 is 1.61 bits per heavy atom. The molecule has 0 aliphatic carbocycles. The van der Waals surface area contributed by atoms with E-state index in [0.717, 1.165) is 24.2 Å². The van der Waals surface area contributed by atoms with Crippen molar-refractivity contribution >= 4 is 15.9 Å². The van der Waals surface area contributed by atoms with Gasteiger partial charge in [0, 0.05) is 39.3 Å². The quantitative estimate of drug-likeness (QED) is 0.767. The van der Waals surface area contributed by atoms with Crippen LogP contribution in [-0.4, -0.2) is 74.2 Å². The summed E-state index contributed by atoms with van der Waals surface area (Å²) in [6.45, 7) is 12.4. The number of rotatable bonds is 4. The van der Waals surface area contributed by atoms with E-state index in [0.29, 0.717) is 49.5 Å². The van der Waals surface area contributed by atoms with Crippen molar-refractivity contribution in [1.82, 2.24) is 14.1 Å². The molecule has 0 spiro atoms. The minimum Gasteiger partial charge on any atom is -0.339 e. The minimum absolute atomic E-state index is 0.115. The van der Waals surface area contributed by atoms with Crippen molar-refractivity contribution in [3.63, 3.8) is 0 Å². The summed E-state index contributed by atoms with van der Waals surface area (Å²) in [6.07, 6.45) is 1.22. The molecule has 0 bridgehead atoms. The molecule has 1 amide bonds. The van der Waals surface area contributed by atoms with Gasteiger partial charge in [-0.15, -0.1) is 0 Å². The zero-order valence-electron chi connectivity index (χ0n) is 17.5. The van der Waals surface area contributed by atoms with Crippen LogP contribution in [0.5, 0.6) is 0 Å². The molecule has 0 aromatic heterocycles. The summed E-state index contributed by atoms with van der Waals surface area (Å²) in [7, 11) is -3.51. The standard InChI is InChI=1S/C21H33N3O3S/c1-16-11-17(2)14-22(13-16)15-21(25)23-7-9-24(10-8-23)28(26,27)20-6-5-18(3)19(4)12-20/h5-6,12,16-17H,7-11,13-15H2,1-4H3/t16-,17-/m0/s1. The molecule has 1 aromatic rings. The molecule has 2 atom stereocenters. The van der Waals surface area contributed by atoms with Gasteiger partial charge in [-0.2, -0.15) is 4.31 Å². The number of amides is 1. The predicted octanol–water partition coefficient (Wildman–Crippen LogP) is 2.11. The molecule has 2 saturated heterocycles. The molecular weight excluding hydrogens is 374 g/mol. The van der Waals surface area contributed by atoms with Crippen LogP contribution < -0.4 is 0 Å². The van der Waals surface area contributed by atoms with Crippen molar-refractivity contribution in [3.05, 3.63) is 29.3 Å². The summed E-state index contributed by atoms with van der Waals surface area (Å²) in [6, 6.07) is 5.26. The Morgan fingerprint density at radius 3 is 2.18 bits per heavy atom. The number of carbonyl (C=O) groups is 1. The van der Waals surface area contributed by atoms with Crippen LogP contribution in [0.2, 0.25) is 0 Å². The van der Waals surface area contributed by atoms with Crippen molar-refractivity contribution in [2.24, 2.45) is 11.8 Å². The molecule has 2 heterocycles. The van der Waals surface area contributed by atoms with Crippen LogP contribution in [0.25, 0.3) is 0 Å². The number of piperazine rings is 1. The molecule has 2 fully saturated rings. The number of hydrogen-bond acceptors (Lipinski definition) is 4. The Bertz CT molecular complexity index is 806. The SMILES string of the molecule is Cc1ccc(S(=O)(=O)N2CCN(C(=O)CN3C[C@@H](C)C[C@H](C)C3)CC2)cc1C. The van der Waals surface area contributed by atoms with E-state index >= 15 is 0 Å². The first kappa shape index (κ1) is 21.3. The summed E-state index contributed by atoms with van der Waals surface area (Å²) in [5.41, 5.74) is 2.05. The van der Waals surface area contributed by atoms with Crippen LogP contribution in [0, 0.1) is 25.7 Å². The molecule has 156 valence electrons. The van der Waals surface area contributed by atoms with Gasteiger partial charge in [-0.1, -0.05) is 19.9 Å². The lowest BCUT2D eigenvalue weighted by Crippen LogP contribution is -2.53. The second kappa shape index (κ2) is 8.51. The lowest BCUT2D eigenvalue weighted by molar-refractivity contribution is -0.134. The highest BCUT2D eigenvalue weighted by molar-refractivity contribution is 7.89. The number of carbonyl (C=O) groups excluding carboxylic acids is 1. The van der Waals surface area contributed by atoms with E-state index in [2.05, 4.69) is 18.7 Å². The van der Waals surface area contributed by atoms with E-state index in [-0.39, 0.29) is 5.91 Å². The van der Waals surface area contributed by atoms with Crippen LogP contribution in [-0.2, 0) is 14.8 Å². The van der Waals surface area contributed by atoms with E-state index < -0.39 is 10.0 Å². The van der Waals surface area contributed by atoms with E-state index in [9.17, 15) is 13.2 Å². The Labute approximate surface area is 169 Å². The third-order valence-corrected chi connectivity index (χ3v) is 7.91. The van der Waals surface area contributed by atoms with Crippen molar-refractivity contribution < 1.29 is 13.2 Å². The molecule has 0 saturated carbocycles. The topological polar surface area (TPSA) is 60.9 Å². The number of sulfonamides is 1. The summed E-state index contributed by atoms with van der Waals surface area (Å²) in [4.78, 5) is 17.1. The zero-order valence-corrected chi connectivity index (χ0v) is 18.3. The van der Waals surface area contributed by atoms with Gasteiger partial charge in [0.1, 0.15) is 0 Å². The molecule has 6 nitrogen and oxygen atoms in total. The van der Waals surface area contributed by atoms with Gasteiger partial charge in [0.15, 0.2) is 0 Å². The molecule has 0 unspecified atom stereocenters. The van der Waals surface area contributed by atoms with Gasteiger partial charge >= 0.3 is 0 Å². The molecule has 3 rings (SSSR count). The average molecular weight is 408 g/mol. The van der Waals surface area contributed by atoms with Gasteiger partial charge in [-0.3, -0.25) is 9.69 Å². The van der Waals surface area contributed by atoms with Crippen LogP contribution in [0.1, 0.15) is 31.4 Å². The Morgan fingerprint density at radius 1 is 1.00 bits per heavy atom. The van der Waals surface area contributed by atoms with Crippen molar-refractivity contribution in [3.8, 4) is 0 Å². The molecule has 7 heteroatoms. The smallest absolute Gasteiger partial charge is 0.243 e. The van der Waals surface area contributed by atoms with E-state index in [1.807, 2.05) is 24.8 Å². The number of likely N-dealkylation sites (tertiary alicyclic amines) is 1. The van der Waals surface area contributed by atoms with Gasteiger partial charge < -0.3 is 4.90 Å². The molecule has 0 radical (unpaired) electrons. The Hall–Kier alpha value is -1.44. The third-order valence-electron chi connectivity index (χ3n) is 6.01. The zero-order chi connectivity index (χ0) is 20.5. The number of nitrogens with zero attached hydrogens (tertiary/aromatic N) is 3. The first-order valence-electron chi connectivity index (χ1n) is 10.2. The number of benzene rings is 1.